The number of halogens is 1. The highest BCUT2D eigenvalue weighted by atomic mass is 19.1. The minimum Gasteiger partial charge on any atom is -0.408 e. The maximum absolute atomic E-state index is 13.1. The summed E-state index contributed by atoms with van der Waals surface area (Å²) in [4.78, 5) is 14.2. The SMILES string of the molecule is CC(C)N(CCn1c(=O)oc2ccccc21)c1ccc(F)cc1. The van der Waals surface area contributed by atoms with Gasteiger partial charge >= 0.3 is 5.76 Å². The molecule has 0 N–H and O–H groups in total. The van der Waals surface area contributed by atoms with E-state index in [0.717, 1.165) is 11.2 Å². The van der Waals surface area contributed by atoms with Crippen molar-refractivity contribution >= 4 is 16.8 Å². The van der Waals surface area contributed by atoms with E-state index in [1.807, 2.05) is 18.2 Å². The summed E-state index contributed by atoms with van der Waals surface area (Å²) < 4.78 is 20.0. The Morgan fingerprint density at radius 2 is 1.83 bits per heavy atom. The summed E-state index contributed by atoms with van der Waals surface area (Å²) >= 11 is 0. The van der Waals surface area contributed by atoms with E-state index in [0.29, 0.717) is 18.7 Å². The average Bonchev–Trinajstić information content (AvgIpc) is 2.85. The van der Waals surface area contributed by atoms with Crippen LogP contribution in [0.5, 0.6) is 0 Å². The van der Waals surface area contributed by atoms with E-state index in [1.54, 1.807) is 22.8 Å². The Bertz CT molecular complexity index is 849. The van der Waals surface area contributed by atoms with E-state index in [4.69, 9.17) is 4.42 Å². The molecule has 0 unspecified atom stereocenters. The molecule has 23 heavy (non-hydrogen) atoms. The Morgan fingerprint density at radius 3 is 2.52 bits per heavy atom. The third-order valence-electron chi connectivity index (χ3n) is 3.92. The lowest BCUT2D eigenvalue weighted by Crippen LogP contribution is -2.35. The van der Waals surface area contributed by atoms with Crippen molar-refractivity contribution in [1.29, 1.82) is 0 Å². The molecular formula is C18H19FN2O2. The van der Waals surface area contributed by atoms with Crippen molar-refractivity contribution in [2.45, 2.75) is 26.4 Å². The number of fused-ring (bicyclic) bond motifs is 1. The first-order valence-electron chi connectivity index (χ1n) is 7.67. The number of benzene rings is 2. The molecule has 1 heterocycles. The highest BCUT2D eigenvalue weighted by molar-refractivity contribution is 5.72. The zero-order valence-corrected chi connectivity index (χ0v) is 13.2. The summed E-state index contributed by atoms with van der Waals surface area (Å²) in [6, 6.07) is 14.0. The lowest BCUT2D eigenvalue weighted by Gasteiger charge is -2.29. The molecular weight excluding hydrogens is 295 g/mol. The van der Waals surface area contributed by atoms with Crippen LogP contribution in [0.4, 0.5) is 10.1 Å². The predicted molar refractivity (Wildman–Crippen MR) is 89.4 cm³/mol. The monoisotopic (exact) mass is 314 g/mol. The Hall–Kier alpha value is -2.56. The van der Waals surface area contributed by atoms with Crippen LogP contribution < -0.4 is 10.7 Å². The first kappa shape index (κ1) is 15.3. The summed E-state index contributed by atoms with van der Waals surface area (Å²) in [7, 11) is 0. The second-order valence-electron chi connectivity index (χ2n) is 5.75. The van der Waals surface area contributed by atoms with Crippen molar-refractivity contribution < 1.29 is 8.81 Å². The number of aromatic nitrogens is 1. The lowest BCUT2D eigenvalue weighted by atomic mass is 10.2. The zero-order valence-electron chi connectivity index (χ0n) is 13.2. The summed E-state index contributed by atoms with van der Waals surface area (Å²) in [6.07, 6.45) is 0. The molecule has 0 atom stereocenters. The van der Waals surface area contributed by atoms with Crippen LogP contribution in [-0.4, -0.2) is 17.2 Å². The molecule has 3 aromatic rings. The molecule has 120 valence electrons. The molecule has 4 nitrogen and oxygen atoms in total. The molecule has 3 rings (SSSR count). The van der Waals surface area contributed by atoms with Crippen molar-refractivity contribution in [1.82, 2.24) is 4.57 Å². The number of oxazole rings is 1. The number of hydrogen-bond acceptors (Lipinski definition) is 3. The van der Waals surface area contributed by atoms with E-state index in [2.05, 4.69) is 18.7 Å². The van der Waals surface area contributed by atoms with Gasteiger partial charge in [0.25, 0.3) is 0 Å². The smallest absolute Gasteiger partial charge is 0.408 e. The van der Waals surface area contributed by atoms with E-state index >= 15 is 0 Å². The second-order valence-corrected chi connectivity index (χ2v) is 5.75. The first-order valence-corrected chi connectivity index (χ1v) is 7.67. The molecule has 1 aromatic heterocycles. The van der Waals surface area contributed by atoms with Crippen molar-refractivity contribution in [2.24, 2.45) is 0 Å². The Balaban J connectivity index is 1.85. The van der Waals surface area contributed by atoms with Gasteiger partial charge in [0.05, 0.1) is 5.52 Å². The number of rotatable bonds is 5. The van der Waals surface area contributed by atoms with E-state index in [-0.39, 0.29) is 17.6 Å². The summed E-state index contributed by atoms with van der Waals surface area (Å²) in [5, 5.41) is 0. The van der Waals surface area contributed by atoms with Gasteiger partial charge in [-0.1, -0.05) is 12.1 Å². The van der Waals surface area contributed by atoms with Gasteiger partial charge in [0, 0.05) is 24.8 Å². The maximum atomic E-state index is 13.1. The van der Waals surface area contributed by atoms with Gasteiger partial charge in [0.2, 0.25) is 0 Å². The van der Waals surface area contributed by atoms with E-state index in [1.165, 1.54) is 12.1 Å². The quantitative estimate of drug-likeness (QED) is 0.721. The molecule has 0 amide bonds. The molecule has 0 radical (unpaired) electrons. The zero-order chi connectivity index (χ0) is 16.4. The number of para-hydroxylation sites is 2. The minimum absolute atomic E-state index is 0.231. The van der Waals surface area contributed by atoms with Gasteiger partial charge in [-0.2, -0.15) is 0 Å². The van der Waals surface area contributed by atoms with Gasteiger partial charge in [-0.15, -0.1) is 0 Å². The van der Waals surface area contributed by atoms with Crippen LogP contribution in [0.2, 0.25) is 0 Å². The average molecular weight is 314 g/mol. The van der Waals surface area contributed by atoms with Gasteiger partial charge < -0.3 is 9.32 Å². The molecule has 5 heteroatoms. The van der Waals surface area contributed by atoms with Crippen LogP contribution in [0.25, 0.3) is 11.1 Å². The van der Waals surface area contributed by atoms with Crippen LogP contribution in [-0.2, 0) is 6.54 Å². The molecule has 0 aliphatic rings. The lowest BCUT2D eigenvalue weighted by molar-refractivity contribution is 0.499. The summed E-state index contributed by atoms with van der Waals surface area (Å²) in [5.41, 5.74) is 2.32. The van der Waals surface area contributed by atoms with E-state index in [9.17, 15) is 9.18 Å². The Labute approximate surface area is 133 Å². The van der Waals surface area contributed by atoms with Crippen LogP contribution in [0.3, 0.4) is 0 Å². The molecule has 0 saturated heterocycles. The molecule has 0 bridgehead atoms. The molecule has 0 spiro atoms. The highest BCUT2D eigenvalue weighted by Gasteiger charge is 2.14. The van der Waals surface area contributed by atoms with Gasteiger partial charge in [-0.05, 0) is 50.2 Å². The normalized spacial score (nSPS) is 11.3. The number of anilines is 1. The first-order chi connectivity index (χ1) is 11.1. The molecule has 0 fully saturated rings. The van der Waals surface area contributed by atoms with Crippen molar-refractivity contribution in [2.75, 3.05) is 11.4 Å². The van der Waals surface area contributed by atoms with Gasteiger partial charge in [-0.3, -0.25) is 4.57 Å². The minimum atomic E-state index is -0.353. The fraction of sp³-hybridized carbons (Fsp3) is 0.278. The molecule has 2 aromatic carbocycles. The van der Waals surface area contributed by atoms with Crippen LogP contribution in [0, 0.1) is 5.82 Å². The van der Waals surface area contributed by atoms with Crippen LogP contribution >= 0.6 is 0 Å². The van der Waals surface area contributed by atoms with Crippen LogP contribution in [0.15, 0.2) is 57.7 Å². The third kappa shape index (κ3) is 3.13. The summed E-state index contributed by atoms with van der Waals surface area (Å²) in [6.45, 7) is 5.28. The second kappa shape index (κ2) is 6.28. The fourth-order valence-corrected chi connectivity index (χ4v) is 2.75. The van der Waals surface area contributed by atoms with Crippen molar-refractivity contribution in [3.8, 4) is 0 Å². The number of nitrogens with zero attached hydrogens (tertiary/aromatic N) is 2. The standard InChI is InChI=1S/C18H19FN2O2/c1-13(2)20(15-9-7-14(19)8-10-15)11-12-21-16-5-3-4-6-17(16)23-18(21)22/h3-10,13H,11-12H2,1-2H3. The van der Waals surface area contributed by atoms with E-state index < -0.39 is 0 Å². The van der Waals surface area contributed by atoms with Crippen molar-refractivity contribution in [3.05, 3.63) is 64.9 Å². The number of hydrogen-bond donors (Lipinski definition) is 0. The van der Waals surface area contributed by atoms with Crippen LogP contribution in [0.1, 0.15) is 13.8 Å². The molecule has 0 aliphatic carbocycles. The maximum Gasteiger partial charge on any atom is 0.420 e. The Kier molecular flexibility index (Phi) is 4.19. The highest BCUT2D eigenvalue weighted by Crippen LogP contribution is 2.18. The Morgan fingerprint density at radius 1 is 1.13 bits per heavy atom. The van der Waals surface area contributed by atoms with Gasteiger partial charge in [0.15, 0.2) is 5.58 Å². The predicted octanol–water partition coefficient (Wildman–Crippen LogP) is 3.65. The third-order valence-corrected chi connectivity index (χ3v) is 3.92. The fourth-order valence-electron chi connectivity index (χ4n) is 2.75. The molecule has 0 saturated carbocycles. The summed E-state index contributed by atoms with van der Waals surface area (Å²) in [5.74, 6) is -0.608. The topological polar surface area (TPSA) is 38.4 Å². The van der Waals surface area contributed by atoms with Gasteiger partial charge in [0.1, 0.15) is 5.82 Å². The van der Waals surface area contributed by atoms with Crippen molar-refractivity contribution in [3.63, 3.8) is 0 Å². The molecule has 0 aliphatic heterocycles. The largest absolute Gasteiger partial charge is 0.420 e. The van der Waals surface area contributed by atoms with Gasteiger partial charge in [-0.25, -0.2) is 9.18 Å².